The number of alkyl halides is 2. The van der Waals surface area contributed by atoms with E-state index in [-0.39, 0.29) is 34.5 Å². The lowest BCUT2D eigenvalue weighted by molar-refractivity contribution is -0.122. The molecular weight excluding hydrogens is 909 g/mol. The number of aliphatic imine (C=N–C) groups is 1. The number of nitrogens with one attached hydrogen (secondary N) is 6. The molecule has 20 heteroatoms. The molecule has 0 aliphatic heterocycles. The molecule has 2 aliphatic carbocycles. The van der Waals surface area contributed by atoms with Crippen LogP contribution in [0.25, 0.3) is 0 Å². The molecule has 5 aromatic rings. The average Bonchev–Trinajstić information content (AvgIpc) is 4.11. The number of hydrogen-bond acceptors (Lipinski definition) is 11. The first-order valence-electron chi connectivity index (χ1n) is 22.8. The van der Waals surface area contributed by atoms with Crippen LogP contribution < -0.4 is 37.6 Å². The average molecular weight is 969 g/mol. The predicted molar refractivity (Wildman–Crippen MR) is 262 cm³/mol. The third kappa shape index (κ3) is 16.8. The van der Waals surface area contributed by atoms with Gasteiger partial charge in [-0.05, 0) is 114 Å². The molecule has 16 nitrogen and oxygen atoms in total. The summed E-state index contributed by atoms with van der Waals surface area (Å²) in [4.78, 5) is 62.4. The largest absolute Gasteiger partial charge is 0.403 e. The fraction of sp³-hybridized carbons (Fsp3) is 0.360. The van der Waals surface area contributed by atoms with Crippen LogP contribution in [0.1, 0.15) is 90.4 Å². The number of aromatic nitrogens is 4. The first-order valence-corrected chi connectivity index (χ1v) is 22.8. The summed E-state index contributed by atoms with van der Waals surface area (Å²) in [6.07, 6.45) is 12.3. The van der Waals surface area contributed by atoms with Gasteiger partial charge in [0, 0.05) is 66.6 Å². The molecule has 2 aliphatic rings. The maximum Gasteiger partial charge on any atom is 0.252 e. The van der Waals surface area contributed by atoms with E-state index in [0.29, 0.717) is 59.7 Å². The summed E-state index contributed by atoms with van der Waals surface area (Å²) in [7, 11) is 3.27. The first-order chi connectivity index (χ1) is 33.5. The van der Waals surface area contributed by atoms with Crippen molar-refractivity contribution in [2.45, 2.75) is 96.6 Å². The number of allylic oxidation sites excluding steroid dienone is 1. The van der Waals surface area contributed by atoms with Crippen LogP contribution in [0, 0.1) is 31.4 Å². The minimum Gasteiger partial charge on any atom is -0.403 e. The molecule has 0 saturated heterocycles. The minimum absolute atomic E-state index is 0.0305. The Morgan fingerprint density at radius 1 is 0.786 bits per heavy atom. The number of pyridine rings is 2. The second-order valence-corrected chi connectivity index (χ2v) is 17.0. The van der Waals surface area contributed by atoms with Gasteiger partial charge < -0.3 is 37.6 Å². The van der Waals surface area contributed by atoms with Gasteiger partial charge in [-0.15, -0.1) is 0 Å². The number of aryl methyl sites for hydroxylation is 3. The van der Waals surface area contributed by atoms with Crippen molar-refractivity contribution in [3.8, 4) is 0 Å². The number of carbonyl (C=O) groups excluding carboxylic acids is 4. The summed E-state index contributed by atoms with van der Waals surface area (Å²) in [5, 5.41) is 20.6. The van der Waals surface area contributed by atoms with Crippen molar-refractivity contribution in [3.63, 3.8) is 0 Å². The molecule has 70 heavy (non-hydrogen) atoms. The quantitative estimate of drug-likeness (QED) is 0.0394. The molecule has 372 valence electrons. The van der Waals surface area contributed by atoms with E-state index in [9.17, 15) is 36.7 Å². The molecule has 3 aromatic heterocycles. The van der Waals surface area contributed by atoms with E-state index >= 15 is 0 Å². The van der Waals surface area contributed by atoms with Crippen LogP contribution >= 0.6 is 0 Å². The van der Waals surface area contributed by atoms with Crippen molar-refractivity contribution in [2.75, 3.05) is 23.0 Å². The smallest absolute Gasteiger partial charge is 0.252 e. The second kappa shape index (κ2) is 26.2. The van der Waals surface area contributed by atoms with Gasteiger partial charge in [0.1, 0.15) is 24.4 Å². The fourth-order valence-electron chi connectivity index (χ4n) is 7.54. The highest BCUT2D eigenvalue weighted by molar-refractivity contribution is 6.01. The summed E-state index contributed by atoms with van der Waals surface area (Å²) < 4.78 is 55.2. The molecule has 0 bridgehead atoms. The maximum absolute atomic E-state index is 14.1. The Bertz CT molecular complexity index is 2640. The number of nitrogens with two attached hydrogens (primary N) is 1. The van der Waals surface area contributed by atoms with Crippen LogP contribution in [0.2, 0.25) is 0 Å². The van der Waals surface area contributed by atoms with E-state index in [1.807, 2.05) is 0 Å². The topological polar surface area (TPSA) is 222 Å². The zero-order valence-corrected chi connectivity index (χ0v) is 39.7. The van der Waals surface area contributed by atoms with E-state index in [1.165, 1.54) is 25.7 Å². The van der Waals surface area contributed by atoms with Crippen molar-refractivity contribution in [1.82, 2.24) is 35.7 Å². The number of anilines is 5. The summed E-state index contributed by atoms with van der Waals surface area (Å²) in [6.45, 7) is 5.08. The van der Waals surface area contributed by atoms with Crippen molar-refractivity contribution >= 4 is 58.3 Å². The van der Waals surface area contributed by atoms with Crippen LogP contribution in [0.15, 0.2) is 102 Å². The van der Waals surface area contributed by atoms with Crippen LogP contribution in [0.4, 0.5) is 46.0 Å². The van der Waals surface area contributed by atoms with Gasteiger partial charge in [0.25, 0.3) is 11.8 Å². The lowest BCUT2D eigenvalue weighted by Crippen LogP contribution is -2.47. The molecule has 0 radical (unpaired) electrons. The van der Waals surface area contributed by atoms with E-state index in [4.69, 9.17) is 5.73 Å². The monoisotopic (exact) mass is 968 g/mol. The molecule has 2 fully saturated rings. The molecular formula is C50H60F4N12O4. The van der Waals surface area contributed by atoms with E-state index in [0.717, 1.165) is 38.1 Å². The summed E-state index contributed by atoms with van der Waals surface area (Å²) in [6, 6.07) is 14.5. The molecule has 4 unspecified atom stereocenters. The van der Waals surface area contributed by atoms with Crippen molar-refractivity contribution in [2.24, 2.45) is 23.7 Å². The lowest BCUT2D eigenvalue weighted by atomic mass is 9.97. The third-order valence-corrected chi connectivity index (χ3v) is 11.2. The van der Waals surface area contributed by atoms with E-state index in [2.05, 4.69) is 52.0 Å². The highest BCUT2D eigenvalue weighted by Gasteiger charge is 2.31. The zero-order valence-electron chi connectivity index (χ0n) is 39.7. The third-order valence-electron chi connectivity index (χ3n) is 11.2. The van der Waals surface area contributed by atoms with Gasteiger partial charge >= 0.3 is 0 Å². The van der Waals surface area contributed by atoms with Crippen molar-refractivity contribution in [3.05, 3.63) is 131 Å². The molecule has 4 amide bonds. The summed E-state index contributed by atoms with van der Waals surface area (Å²) in [5.74, 6) is -2.80. The molecule has 2 saturated carbocycles. The Labute approximate surface area is 404 Å². The normalized spacial score (nSPS) is 16.4. The number of benzene rings is 2. The Morgan fingerprint density at radius 2 is 1.36 bits per heavy atom. The highest BCUT2D eigenvalue weighted by atomic mass is 19.1. The molecule has 4 atom stereocenters. The predicted octanol–water partition coefficient (Wildman–Crippen LogP) is 8.18. The number of rotatable bonds is 15. The van der Waals surface area contributed by atoms with Gasteiger partial charge in [-0.2, -0.15) is 5.10 Å². The Kier molecular flexibility index (Phi) is 20.0. The van der Waals surface area contributed by atoms with Crippen LogP contribution in [0.5, 0.6) is 0 Å². The number of halogens is 4. The lowest BCUT2D eigenvalue weighted by Gasteiger charge is -2.22. The molecule has 8 N–H and O–H groups in total. The maximum atomic E-state index is 14.1. The zero-order chi connectivity index (χ0) is 50.7. The second-order valence-electron chi connectivity index (χ2n) is 17.0. The Hall–Kier alpha value is -7.64. The standard InChI is InChI=1S/C25H30F2N6O2.C20H21FN6O2.C5H9F/c1-15-8-22(21(27)14-30-15)31-19-5-3-4-17(11-19)24(34)33-23(10-16-6-7-18(26)9-16)25(35)32-20(12-28)13-29-2;1-12-7-18(17(21)10-22-12)25-15-6-4-5-14(8-15)20(29)24-13(2)19(28)26-16-9-23-27(3)11-16;6-5-3-1-2-4-5/h3-5,8,11-14,16,18,23H,6-7,9-10,28H2,1-2H3,(H,30,31)(H,32,35)(H,33,34);4-11,13H,1-3H3,(H,22,25)(H,24,29)(H,26,28);5H,1-4H2/b20-12+,29-13?;;. The van der Waals surface area contributed by atoms with Crippen LogP contribution in [-0.4, -0.2) is 81.1 Å². The van der Waals surface area contributed by atoms with Gasteiger partial charge in [-0.1, -0.05) is 25.0 Å². The number of amides is 4. The van der Waals surface area contributed by atoms with E-state index in [1.54, 1.807) is 99.4 Å². The molecule has 3 heterocycles. The molecule has 2 aromatic carbocycles. The van der Waals surface area contributed by atoms with Gasteiger partial charge in [0.05, 0.1) is 41.3 Å². The highest BCUT2D eigenvalue weighted by Crippen LogP contribution is 2.31. The number of hydrogen-bond donors (Lipinski definition) is 7. The van der Waals surface area contributed by atoms with Gasteiger partial charge in [0.15, 0.2) is 11.6 Å². The first kappa shape index (κ1) is 53.3. The van der Waals surface area contributed by atoms with Crippen molar-refractivity contribution in [1.29, 1.82) is 0 Å². The Morgan fingerprint density at radius 3 is 1.83 bits per heavy atom. The number of carbonyl (C=O) groups is 4. The SMILES string of the molecule is CN=C/C(=C\N)NC(=O)C(CC1CCC(F)C1)NC(=O)c1cccc(Nc2cc(C)ncc2F)c1.Cc1cc(Nc2cccc(C(=O)NC(C)C(=O)Nc3cnn(C)c3)c2)c(F)cn1.FC1CCCC1. The molecule has 7 rings (SSSR count). The molecule has 0 spiro atoms. The van der Waals surface area contributed by atoms with Gasteiger partial charge in [0.2, 0.25) is 11.8 Å². The Balaban J connectivity index is 0.000000235. The van der Waals surface area contributed by atoms with Crippen LogP contribution in [-0.2, 0) is 16.6 Å². The minimum atomic E-state index is -0.907. The van der Waals surface area contributed by atoms with Crippen molar-refractivity contribution < 1.29 is 36.7 Å². The van der Waals surface area contributed by atoms with Gasteiger partial charge in [-0.25, -0.2) is 17.6 Å². The summed E-state index contributed by atoms with van der Waals surface area (Å²) >= 11 is 0. The van der Waals surface area contributed by atoms with E-state index < -0.39 is 53.8 Å². The van der Waals surface area contributed by atoms with Crippen LogP contribution in [0.3, 0.4) is 0 Å². The number of nitrogens with zero attached hydrogens (tertiary/aromatic N) is 5. The fourth-order valence-corrected chi connectivity index (χ4v) is 7.54. The van der Waals surface area contributed by atoms with Gasteiger partial charge in [-0.3, -0.25) is 38.8 Å². The summed E-state index contributed by atoms with van der Waals surface area (Å²) in [5.41, 5.74) is 9.80.